The average molecular weight is 466 g/mol. The van der Waals surface area contributed by atoms with E-state index in [4.69, 9.17) is 21.7 Å². The molecule has 0 spiro atoms. The summed E-state index contributed by atoms with van der Waals surface area (Å²) < 4.78 is 39.2. The SMILES string of the molecule is COc1ccc(C(=O)NN2C(=O)/C(=C\c3ccc(OC(F)F)cc3)SC2=S)cc1OC. The van der Waals surface area contributed by atoms with Crippen molar-refractivity contribution in [2.45, 2.75) is 6.61 Å². The summed E-state index contributed by atoms with van der Waals surface area (Å²) in [4.78, 5) is 25.5. The summed E-state index contributed by atoms with van der Waals surface area (Å²) in [7, 11) is 2.92. The van der Waals surface area contributed by atoms with E-state index >= 15 is 0 Å². The van der Waals surface area contributed by atoms with Gasteiger partial charge in [0, 0.05) is 5.56 Å². The Morgan fingerprint density at radius 3 is 2.42 bits per heavy atom. The lowest BCUT2D eigenvalue weighted by molar-refractivity contribution is -0.123. The summed E-state index contributed by atoms with van der Waals surface area (Å²) in [6, 6.07) is 10.3. The van der Waals surface area contributed by atoms with Crippen molar-refractivity contribution in [2.75, 3.05) is 14.2 Å². The molecule has 0 aliphatic carbocycles. The van der Waals surface area contributed by atoms with E-state index in [1.807, 2.05) is 0 Å². The molecule has 2 aromatic rings. The summed E-state index contributed by atoms with van der Waals surface area (Å²) >= 11 is 6.20. The third-order valence-corrected chi connectivity index (χ3v) is 5.36. The molecule has 1 aliphatic rings. The van der Waals surface area contributed by atoms with Crippen molar-refractivity contribution in [3.63, 3.8) is 0 Å². The number of nitrogens with one attached hydrogen (secondary N) is 1. The molecule has 0 bridgehead atoms. The highest BCUT2D eigenvalue weighted by Gasteiger charge is 2.34. The fraction of sp³-hybridized carbons (Fsp3) is 0.150. The number of ether oxygens (including phenoxy) is 3. The Labute approximate surface area is 185 Å². The number of rotatable bonds is 7. The van der Waals surface area contributed by atoms with Gasteiger partial charge < -0.3 is 14.2 Å². The lowest BCUT2D eigenvalue weighted by atomic mass is 10.2. The Kier molecular flexibility index (Phi) is 7.08. The Balaban J connectivity index is 1.73. The smallest absolute Gasteiger partial charge is 0.387 e. The molecule has 31 heavy (non-hydrogen) atoms. The van der Waals surface area contributed by atoms with E-state index in [2.05, 4.69) is 10.2 Å². The highest BCUT2D eigenvalue weighted by molar-refractivity contribution is 8.26. The Bertz CT molecular complexity index is 1040. The second-order valence-corrected chi connectivity index (χ2v) is 7.65. The number of nitrogens with zero attached hydrogens (tertiary/aromatic N) is 1. The zero-order chi connectivity index (χ0) is 22.5. The maximum atomic E-state index is 12.7. The monoisotopic (exact) mass is 466 g/mol. The van der Waals surface area contributed by atoms with Gasteiger partial charge in [0.1, 0.15) is 5.75 Å². The first kappa shape index (κ1) is 22.5. The number of carbonyl (C=O) groups excluding carboxylic acids is 2. The lowest BCUT2D eigenvalue weighted by Gasteiger charge is -2.16. The number of hydrogen-bond acceptors (Lipinski definition) is 7. The molecule has 162 valence electrons. The minimum atomic E-state index is -2.92. The number of thioether (sulfide) groups is 1. The lowest BCUT2D eigenvalue weighted by Crippen LogP contribution is -2.44. The van der Waals surface area contributed by atoms with Crippen molar-refractivity contribution in [3.8, 4) is 17.2 Å². The highest BCUT2D eigenvalue weighted by Crippen LogP contribution is 2.32. The summed E-state index contributed by atoms with van der Waals surface area (Å²) in [5, 5.41) is 0.971. The summed E-state index contributed by atoms with van der Waals surface area (Å²) in [6.07, 6.45) is 1.54. The Hall–Kier alpha value is -3.18. The molecule has 1 aliphatic heterocycles. The zero-order valence-corrected chi connectivity index (χ0v) is 17.9. The van der Waals surface area contributed by atoms with Crippen LogP contribution >= 0.6 is 24.0 Å². The fourth-order valence-corrected chi connectivity index (χ4v) is 3.78. The third kappa shape index (κ3) is 5.30. The van der Waals surface area contributed by atoms with Crippen molar-refractivity contribution in [1.82, 2.24) is 10.4 Å². The second kappa shape index (κ2) is 9.75. The molecule has 2 amide bonds. The van der Waals surface area contributed by atoms with Gasteiger partial charge in [-0.1, -0.05) is 23.9 Å². The maximum Gasteiger partial charge on any atom is 0.387 e. The first-order chi connectivity index (χ1) is 14.8. The van der Waals surface area contributed by atoms with Crippen molar-refractivity contribution in [1.29, 1.82) is 0 Å². The van der Waals surface area contributed by atoms with Crippen LogP contribution in [-0.2, 0) is 4.79 Å². The van der Waals surface area contributed by atoms with Crippen molar-refractivity contribution >= 4 is 46.2 Å². The third-order valence-electron chi connectivity index (χ3n) is 4.06. The highest BCUT2D eigenvalue weighted by atomic mass is 32.2. The average Bonchev–Trinajstić information content (AvgIpc) is 3.01. The van der Waals surface area contributed by atoms with Crippen molar-refractivity contribution in [2.24, 2.45) is 0 Å². The molecule has 0 unspecified atom stereocenters. The fourth-order valence-electron chi connectivity index (χ4n) is 2.60. The van der Waals surface area contributed by atoms with Crippen molar-refractivity contribution < 1.29 is 32.6 Å². The molecule has 7 nitrogen and oxygen atoms in total. The molecule has 1 fully saturated rings. The molecular formula is C20H16F2N2O5S2. The number of halogens is 2. The molecule has 0 atom stereocenters. The Morgan fingerprint density at radius 1 is 1.13 bits per heavy atom. The molecule has 1 saturated heterocycles. The number of alkyl halides is 2. The van der Waals surface area contributed by atoms with E-state index < -0.39 is 18.4 Å². The maximum absolute atomic E-state index is 12.7. The summed E-state index contributed by atoms with van der Waals surface area (Å²) in [5.74, 6) is -0.261. The second-order valence-electron chi connectivity index (χ2n) is 5.98. The van der Waals surface area contributed by atoms with Crippen LogP contribution in [0, 0.1) is 0 Å². The van der Waals surface area contributed by atoms with Gasteiger partial charge in [0.25, 0.3) is 11.8 Å². The van der Waals surface area contributed by atoms with Gasteiger partial charge in [-0.2, -0.15) is 13.8 Å². The van der Waals surface area contributed by atoms with E-state index in [0.29, 0.717) is 17.1 Å². The zero-order valence-electron chi connectivity index (χ0n) is 16.3. The van der Waals surface area contributed by atoms with Crippen LogP contribution < -0.4 is 19.6 Å². The van der Waals surface area contributed by atoms with Crippen LogP contribution in [0.3, 0.4) is 0 Å². The molecular weight excluding hydrogens is 450 g/mol. The summed E-state index contributed by atoms with van der Waals surface area (Å²) in [5.41, 5.74) is 3.29. The standard InChI is InChI=1S/C20H16F2N2O5S2/c1-27-14-8-5-12(10-15(14)28-2)17(25)23-24-18(26)16(31-20(24)30)9-11-3-6-13(7-4-11)29-19(21)22/h3-10,19H,1-2H3,(H,23,25)/b16-9+. The van der Waals surface area contributed by atoms with Crippen LogP contribution in [0.15, 0.2) is 47.4 Å². The number of benzene rings is 2. The Morgan fingerprint density at radius 2 is 1.81 bits per heavy atom. The normalized spacial score (nSPS) is 14.9. The minimum Gasteiger partial charge on any atom is -0.493 e. The molecule has 1 heterocycles. The minimum absolute atomic E-state index is 0.00174. The number of amides is 2. The van der Waals surface area contributed by atoms with Crippen molar-refractivity contribution in [3.05, 3.63) is 58.5 Å². The molecule has 0 radical (unpaired) electrons. The molecule has 1 N–H and O–H groups in total. The number of hydrazine groups is 1. The van der Waals surface area contributed by atoms with E-state index in [1.54, 1.807) is 6.07 Å². The van der Waals surface area contributed by atoms with Crippen LogP contribution in [0.4, 0.5) is 8.78 Å². The van der Waals surface area contributed by atoms with Gasteiger partial charge in [0.15, 0.2) is 15.8 Å². The van der Waals surface area contributed by atoms with E-state index in [0.717, 1.165) is 16.8 Å². The van der Waals surface area contributed by atoms with Crippen LogP contribution in [0.1, 0.15) is 15.9 Å². The first-order valence-electron chi connectivity index (χ1n) is 8.68. The number of hydrogen-bond donors (Lipinski definition) is 1. The van der Waals surface area contributed by atoms with E-state index in [9.17, 15) is 18.4 Å². The predicted molar refractivity (Wildman–Crippen MR) is 115 cm³/mol. The van der Waals surface area contributed by atoms with Gasteiger partial charge in [0.2, 0.25) is 0 Å². The van der Waals surface area contributed by atoms with Gasteiger partial charge in [-0.3, -0.25) is 15.0 Å². The van der Waals surface area contributed by atoms with Crippen LogP contribution in [0.2, 0.25) is 0 Å². The van der Waals surface area contributed by atoms with Gasteiger partial charge >= 0.3 is 6.61 Å². The first-order valence-corrected chi connectivity index (χ1v) is 9.90. The largest absolute Gasteiger partial charge is 0.493 e. The van der Waals surface area contributed by atoms with E-state index in [1.165, 1.54) is 56.7 Å². The number of carbonyl (C=O) groups is 2. The number of methoxy groups -OCH3 is 2. The van der Waals surface area contributed by atoms with Gasteiger partial charge in [-0.25, -0.2) is 0 Å². The van der Waals surface area contributed by atoms with E-state index in [-0.39, 0.29) is 20.5 Å². The molecule has 2 aromatic carbocycles. The van der Waals surface area contributed by atoms with Crippen LogP contribution in [0.25, 0.3) is 6.08 Å². The molecule has 11 heteroatoms. The molecule has 0 saturated carbocycles. The molecule has 0 aromatic heterocycles. The predicted octanol–water partition coefficient (Wildman–Crippen LogP) is 3.85. The van der Waals surface area contributed by atoms with Gasteiger partial charge in [-0.05, 0) is 54.2 Å². The molecule has 3 rings (SSSR count). The van der Waals surface area contributed by atoms with Crippen LogP contribution in [0.5, 0.6) is 17.2 Å². The van der Waals surface area contributed by atoms with Gasteiger partial charge in [0.05, 0.1) is 19.1 Å². The quantitative estimate of drug-likeness (QED) is 0.491. The van der Waals surface area contributed by atoms with Gasteiger partial charge in [-0.15, -0.1) is 0 Å². The summed E-state index contributed by atoms with van der Waals surface area (Å²) in [6.45, 7) is -2.92. The number of thiocarbonyl (C=S) groups is 1. The topological polar surface area (TPSA) is 77.1 Å². The van der Waals surface area contributed by atoms with Crippen LogP contribution in [-0.4, -0.2) is 42.0 Å².